The van der Waals surface area contributed by atoms with Gasteiger partial charge in [0.15, 0.2) is 0 Å². The number of nitrogens with one attached hydrogen (secondary N) is 1. The third kappa shape index (κ3) is 5.02. The molecule has 0 unspecified atom stereocenters. The smallest absolute Gasteiger partial charge is 0.225 e. The lowest BCUT2D eigenvalue weighted by Crippen LogP contribution is -2.42. The van der Waals surface area contributed by atoms with Crippen LogP contribution in [0.2, 0.25) is 0 Å². The first-order chi connectivity index (χ1) is 16.2. The van der Waals surface area contributed by atoms with Gasteiger partial charge in [0.1, 0.15) is 17.5 Å². The Kier molecular flexibility index (Phi) is 6.28. The van der Waals surface area contributed by atoms with Crippen LogP contribution in [0.25, 0.3) is 11.3 Å². The van der Waals surface area contributed by atoms with Gasteiger partial charge in [0.05, 0.1) is 5.69 Å². The van der Waals surface area contributed by atoms with Gasteiger partial charge in [-0.15, -0.1) is 0 Å². The number of likely N-dealkylation sites (tertiary alicyclic amines) is 1. The fourth-order valence-corrected chi connectivity index (χ4v) is 4.91. The molecule has 2 aromatic heterocycles. The minimum absolute atomic E-state index is 0.0637. The highest BCUT2D eigenvalue weighted by molar-refractivity contribution is 5.79. The van der Waals surface area contributed by atoms with Crippen molar-refractivity contribution in [3.8, 4) is 11.3 Å². The number of carbonyl (C=O) groups is 1. The molecular formula is C26H28FN5O. The van der Waals surface area contributed by atoms with Crippen LogP contribution in [-0.2, 0) is 4.79 Å². The number of halogens is 1. The fraction of sp³-hybridized carbons (Fsp3) is 0.385. The summed E-state index contributed by atoms with van der Waals surface area (Å²) >= 11 is 0. The zero-order valence-electron chi connectivity index (χ0n) is 18.6. The Morgan fingerprint density at radius 1 is 1.03 bits per heavy atom. The summed E-state index contributed by atoms with van der Waals surface area (Å²) in [6, 6.07) is 12.0. The molecule has 2 aliphatic rings. The van der Waals surface area contributed by atoms with Crippen LogP contribution in [0.15, 0.2) is 54.9 Å². The molecule has 5 rings (SSSR count). The first-order valence-corrected chi connectivity index (χ1v) is 11.8. The number of anilines is 2. The van der Waals surface area contributed by atoms with Crippen LogP contribution in [0.1, 0.15) is 50.3 Å². The number of hydrogen-bond donors (Lipinski definition) is 1. The number of nitrogens with zero attached hydrogens (tertiary/aromatic N) is 4. The van der Waals surface area contributed by atoms with Crippen LogP contribution in [0, 0.1) is 11.7 Å². The van der Waals surface area contributed by atoms with E-state index < -0.39 is 0 Å². The summed E-state index contributed by atoms with van der Waals surface area (Å²) in [6.07, 6.45) is 9.70. The second-order valence-corrected chi connectivity index (χ2v) is 8.98. The second kappa shape index (κ2) is 9.65. The number of pyridine rings is 1. The van der Waals surface area contributed by atoms with E-state index in [9.17, 15) is 9.18 Å². The normalized spacial score (nSPS) is 18.9. The average molecular weight is 446 g/mol. The molecule has 0 spiro atoms. The summed E-state index contributed by atoms with van der Waals surface area (Å²) in [5, 5.41) is 3.22. The van der Waals surface area contributed by atoms with Gasteiger partial charge in [0, 0.05) is 54.6 Å². The Hall–Kier alpha value is -3.35. The van der Waals surface area contributed by atoms with Crippen molar-refractivity contribution in [2.24, 2.45) is 5.92 Å². The zero-order chi connectivity index (χ0) is 22.6. The van der Waals surface area contributed by atoms with Crippen molar-refractivity contribution >= 4 is 17.4 Å². The first-order valence-electron chi connectivity index (χ1n) is 11.8. The maximum absolute atomic E-state index is 13.7. The zero-order valence-corrected chi connectivity index (χ0v) is 18.6. The summed E-state index contributed by atoms with van der Waals surface area (Å²) in [4.78, 5) is 28.9. The Balaban J connectivity index is 1.44. The van der Waals surface area contributed by atoms with Gasteiger partial charge in [-0.05, 0) is 56.0 Å². The van der Waals surface area contributed by atoms with Gasteiger partial charge in [-0.2, -0.15) is 0 Å². The third-order valence-electron chi connectivity index (χ3n) is 6.60. The molecule has 3 heterocycles. The Morgan fingerprint density at radius 2 is 1.91 bits per heavy atom. The van der Waals surface area contributed by atoms with Gasteiger partial charge in [-0.3, -0.25) is 9.78 Å². The van der Waals surface area contributed by atoms with Crippen LogP contribution >= 0.6 is 0 Å². The third-order valence-corrected chi connectivity index (χ3v) is 6.60. The maximum atomic E-state index is 13.7. The summed E-state index contributed by atoms with van der Waals surface area (Å²) in [7, 11) is 0. The van der Waals surface area contributed by atoms with E-state index in [4.69, 9.17) is 9.97 Å². The molecule has 2 fully saturated rings. The van der Waals surface area contributed by atoms with E-state index in [1.165, 1.54) is 12.1 Å². The summed E-state index contributed by atoms with van der Waals surface area (Å²) in [6.45, 7) is 1.45. The Morgan fingerprint density at radius 3 is 2.70 bits per heavy atom. The molecule has 170 valence electrons. The van der Waals surface area contributed by atoms with E-state index in [1.807, 2.05) is 23.1 Å². The molecule has 1 atom stereocenters. The molecule has 1 aliphatic heterocycles. The molecule has 1 aromatic carbocycles. The summed E-state index contributed by atoms with van der Waals surface area (Å²) in [5.41, 5.74) is 2.27. The monoisotopic (exact) mass is 445 g/mol. The van der Waals surface area contributed by atoms with Gasteiger partial charge in [0.2, 0.25) is 5.91 Å². The van der Waals surface area contributed by atoms with Crippen molar-refractivity contribution in [2.75, 3.05) is 18.4 Å². The van der Waals surface area contributed by atoms with E-state index >= 15 is 0 Å². The minimum Gasteiger partial charge on any atom is -0.342 e. The van der Waals surface area contributed by atoms with Crippen molar-refractivity contribution in [1.82, 2.24) is 19.9 Å². The number of hydrogen-bond acceptors (Lipinski definition) is 5. The molecule has 1 saturated heterocycles. The van der Waals surface area contributed by atoms with Crippen LogP contribution in [0.5, 0.6) is 0 Å². The van der Waals surface area contributed by atoms with E-state index in [0.29, 0.717) is 29.8 Å². The van der Waals surface area contributed by atoms with E-state index in [0.717, 1.165) is 56.3 Å². The molecular weight excluding hydrogens is 417 g/mol. The van der Waals surface area contributed by atoms with Gasteiger partial charge >= 0.3 is 0 Å². The highest BCUT2D eigenvalue weighted by Gasteiger charge is 2.32. The van der Waals surface area contributed by atoms with Gasteiger partial charge in [-0.1, -0.05) is 18.9 Å². The molecule has 33 heavy (non-hydrogen) atoms. The Bertz CT molecular complexity index is 1120. The largest absolute Gasteiger partial charge is 0.342 e. The summed E-state index contributed by atoms with van der Waals surface area (Å²) < 4.78 is 13.7. The molecule has 0 radical (unpaired) electrons. The molecule has 1 amide bonds. The van der Waals surface area contributed by atoms with Crippen LogP contribution in [-0.4, -0.2) is 38.8 Å². The number of amides is 1. The topological polar surface area (TPSA) is 71.0 Å². The maximum Gasteiger partial charge on any atom is 0.225 e. The minimum atomic E-state index is -0.310. The lowest BCUT2D eigenvalue weighted by molar-refractivity contribution is -0.136. The lowest BCUT2D eigenvalue weighted by atomic mass is 9.95. The Labute approximate surface area is 193 Å². The fourth-order valence-electron chi connectivity index (χ4n) is 4.91. The van der Waals surface area contributed by atoms with E-state index in [1.54, 1.807) is 24.5 Å². The highest BCUT2D eigenvalue weighted by Crippen LogP contribution is 2.32. The molecule has 0 bridgehead atoms. The number of aromatic nitrogens is 3. The molecule has 3 aromatic rings. The standard InChI is InChI=1S/C26H28FN5O/c27-21-10-3-11-22(14-21)29-24-15-23(19-8-4-12-28-16-19)30-25(31-24)20-9-5-13-32(17-20)26(33)18-6-1-2-7-18/h3-4,8,10-12,14-16,18,20H,1-2,5-7,9,13,17H2,(H,29,30,31)/t20-/m0/s1. The van der Waals surface area contributed by atoms with E-state index in [-0.39, 0.29) is 17.7 Å². The van der Waals surface area contributed by atoms with Crippen molar-refractivity contribution < 1.29 is 9.18 Å². The van der Waals surface area contributed by atoms with E-state index in [2.05, 4.69) is 10.3 Å². The van der Waals surface area contributed by atoms with Crippen molar-refractivity contribution in [3.05, 3.63) is 66.5 Å². The molecule has 6 nitrogen and oxygen atoms in total. The lowest BCUT2D eigenvalue weighted by Gasteiger charge is -2.34. The van der Waals surface area contributed by atoms with Crippen molar-refractivity contribution in [2.45, 2.75) is 44.4 Å². The summed E-state index contributed by atoms with van der Waals surface area (Å²) in [5.74, 6) is 1.53. The van der Waals surface area contributed by atoms with Gasteiger partial charge < -0.3 is 10.2 Å². The highest BCUT2D eigenvalue weighted by atomic mass is 19.1. The van der Waals surface area contributed by atoms with Crippen LogP contribution in [0.3, 0.4) is 0 Å². The predicted molar refractivity (Wildman–Crippen MR) is 125 cm³/mol. The van der Waals surface area contributed by atoms with Crippen LogP contribution < -0.4 is 5.32 Å². The molecule has 1 N–H and O–H groups in total. The average Bonchev–Trinajstić information content (AvgIpc) is 3.39. The van der Waals surface area contributed by atoms with Crippen molar-refractivity contribution in [3.63, 3.8) is 0 Å². The van der Waals surface area contributed by atoms with Gasteiger partial charge in [-0.25, -0.2) is 14.4 Å². The predicted octanol–water partition coefficient (Wildman–Crippen LogP) is 5.32. The number of piperidine rings is 1. The number of carbonyl (C=O) groups excluding carboxylic acids is 1. The van der Waals surface area contributed by atoms with Crippen molar-refractivity contribution in [1.29, 1.82) is 0 Å². The number of benzene rings is 1. The second-order valence-electron chi connectivity index (χ2n) is 8.98. The first kappa shape index (κ1) is 21.5. The van der Waals surface area contributed by atoms with Gasteiger partial charge in [0.25, 0.3) is 0 Å². The molecule has 1 saturated carbocycles. The number of rotatable bonds is 5. The SMILES string of the molecule is O=C(C1CCCC1)N1CCC[C@H](c2nc(Nc3cccc(F)c3)cc(-c3cccnc3)n2)C1. The molecule has 7 heteroatoms. The quantitative estimate of drug-likeness (QED) is 0.576. The molecule has 1 aliphatic carbocycles. The van der Waals surface area contributed by atoms with Crippen LogP contribution in [0.4, 0.5) is 15.9 Å².